The van der Waals surface area contributed by atoms with Gasteiger partial charge in [-0.15, -0.1) is 0 Å². The number of carbonyl (C=O) groups is 1. The van der Waals surface area contributed by atoms with Crippen LogP contribution in [0.5, 0.6) is 0 Å². The van der Waals surface area contributed by atoms with Gasteiger partial charge in [0.2, 0.25) is 0 Å². The Hall–Kier alpha value is -1.36. The minimum atomic E-state index is -0.239. The van der Waals surface area contributed by atoms with Crippen molar-refractivity contribution in [2.75, 3.05) is 14.2 Å². The molecule has 1 unspecified atom stereocenters. The van der Waals surface area contributed by atoms with Crippen LogP contribution in [0.3, 0.4) is 0 Å². The Labute approximate surface area is 108 Å². The van der Waals surface area contributed by atoms with E-state index in [4.69, 9.17) is 4.74 Å². The van der Waals surface area contributed by atoms with Crippen LogP contribution >= 0.6 is 0 Å². The molecule has 1 N–H and O–H groups in total. The normalized spacial score (nSPS) is 16.1. The molecule has 0 fully saturated rings. The van der Waals surface area contributed by atoms with E-state index in [1.807, 2.05) is 6.33 Å². The largest absolute Gasteiger partial charge is 0.468 e. The van der Waals surface area contributed by atoms with Crippen molar-refractivity contribution in [1.82, 2.24) is 14.9 Å². The number of nitrogens with zero attached hydrogens (tertiary/aromatic N) is 2. The van der Waals surface area contributed by atoms with E-state index in [0.29, 0.717) is 0 Å². The highest BCUT2D eigenvalue weighted by Gasteiger charge is 2.19. The monoisotopic (exact) mass is 251 g/mol. The van der Waals surface area contributed by atoms with Crippen molar-refractivity contribution in [1.29, 1.82) is 0 Å². The molecule has 0 amide bonds. The molecular weight excluding hydrogens is 230 g/mol. The van der Waals surface area contributed by atoms with Crippen molar-refractivity contribution in [3.8, 4) is 0 Å². The first-order valence-electron chi connectivity index (χ1n) is 6.54. The number of imidazole rings is 1. The van der Waals surface area contributed by atoms with Gasteiger partial charge in [0.25, 0.3) is 0 Å². The van der Waals surface area contributed by atoms with Crippen molar-refractivity contribution >= 4 is 5.97 Å². The van der Waals surface area contributed by atoms with E-state index in [9.17, 15) is 4.79 Å². The first-order valence-corrected chi connectivity index (χ1v) is 6.54. The number of esters is 1. The van der Waals surface area contributed by atoms with Crippen LogP contribution in [0.4, 0.5) is 0 Å². The number of hydrogen-bond donors (Lipinski definition) is 1. The fraction of sp³-hybridized carbons (Fsp3) is 0.692. The third-order valence-electron chi connectivity index (χ3n) is 3.60. The summed E-state index contributed by atoms with van der Waals surface area (Å²) in [7, 11) is 3.21. The first kappa shape index (κ1) is 13.1. The summed E-state index contributed by atoms with van der Waals surface area (Å²) in [5, 5.41) is 2.99. The third-order valence-corrected chi connectivity index (χ3v) is 3.60. The van der Waals surface area contributed by atoms with Crippen LogP contribution < -0.4 is 5.32 Å². The van der Waals surface area contributed by atoms with Crippen molar-refractivity contribution in [3.63, 3.8) is 0 Å². The summed E-state index contributed by atoms with van der Waals surface area (Å²) >= 11 is 0. The van der Waals surface area contributed by atoms with Crippen molar-refractivity contribution < 1.29 is 9.53 Å². The summed E-state index contributed by atoms with van der Waals surface area (Å²) in [6, 6.07) is -0.239. The molecule has 1 heterocycles. The van der Waals surface area contributed by atoms with Gasteiger partial charge in [0, 0.05) is 12.2 Å². The number of aromatic nitrogens is 2. The van der Waals surface area contributed by atoms with Crippen molar-refractivity contribution in [2.24, 2.45) is 0 Å². The standard InChI is InChI=1S/C13H21N3O2/c1-14-11(13(17)18-2)7-8-16-9-15-10-5-3-4-6-12(10)16/h9,11,14H,3-8H2,1-2H3. The molecule has 0 saturated carbocycles. The van der Waals surface area contributed by atoms with Crippen LogP contribution in [0, 0.1) is 0 Å². The molecule has 1 aromatic heterocycles. The number of carbonyl (C=O) groups excluding carboxylic acids is 1. The summed E-state index contributed by atoms with van der Waals surface area (Å²) in [5.41, 5.74) is 2.58. The average molecular weight is 251 g/mol. The van der Waals surface area contributed by atoms with E-state index in [1.54, 1.807) is 7.05 Å². The molecule has 1 aromatic rings. The van der Waals surface area contributed by atoms with Gasteiger partial charge in [0.1, 0.15) is 6.04 Å². The number of likely N-dealkylation sites (N-methyl/N-ethyl adjacent to an activating group) is 1. The zero-order valence-corrected chi connectivity index (χ0v) is 11.1. The van der Waals surface area contributed by atoms with Gasteiger partial charge < -0.3 is 14.6 Å². The number of aryl methyl sites for hydroxylation is 2. The summed E-state index contributed by atoms with van der Waals surface area (Å²) in [5.74, 6) is -0.202. The molecule has 0 bridgehead atoms. The van der Waals surface area contributed by atoms with E-state index in [2.05, 4.69) is 14.9 Å². The number of methoxy groups -OCH3 is 1. The van der Waals surface area contributed by atoms with Gasteiger partial charge in [-0.2, -0.15) is 0 Å². The number of fused-ring (bicyclic) bond motifs is 1. The van der Waals surface area contributed by atoms with Gasteiger partial charge in [0.15, 0.2) is 0 Å². The summed E-state index contributed by atoms with van der Waals surface area (Å²) in [4.78, 5) is 15.9. The molecule has 0 saturated heterocycles. The van der Waals surface area contributed by atoms with E-state index in [1.165, 1.54) is 31.3 Å². The van der Waals surface area contributed by atoms with Crippen LogP contribution in [-0.2, 0) is 28.9 Å². The quantitative estimate of drug-likeness (QED) is 0.790. The Kier molecular flexibility index (Phi) is 4.36. The van der Waals surface area contributed by atoms with E-state index in [-0.39, 0.29) is 12.0 Å². The van der Waals surface area contributed by atoms with E-state index < -0.39 is 0 Å². The fourth-order valence-corrected chi connectivity index (χ4v) is 2.51. The fourth-order valence-electron chi connectivity index (χ4n) is 2.51. The van der Waals surface area contributed by atoms with E-state index in [0.717, 1.165) is 25.8 Å². The zero-order valence-electron chi connectivity index (χ0n) is 11.1. The Balaban J connectivity index is 1.97. The number of ether oxygens (including phenoxy) is 1. The molecular formula is C13H21N3O2. The highest BCUT2D eigenvalue weighted by Crippen LogP contribution is 2.20. The SMILES string of the molecule is CNC(CCn1cnc2c1CCCC2)C(=O)OC. The maximum atomic E-state index is 11.5. The second kappa shape index (κ2) is 6.00. The highest BCUT2D eigenvalue weighted by atomic mass is 16.5. The molecule has 5 nitrogen and oxygen atoms in total. The molecule has 0 aromatic carbocycles. The Morgan fingerprint density at radius 1 is 1.56 bits per heavy atom. The maximum Gasteiger partial charge on any atom is 0.322 e. The molecule has 5 heteroatoms. The number of hydrogen-bond acceptors (Lipinski definition) is 4. The van der Waals surface area contributed by atoms with Crippen LogP contribution in [-0.4, -0.2) is 35.7 Å². The minimum absolute atomic E-state index is 0.202. The molecule has 1 aliphatic carbocycles. The van der Waals surface area contributed by atoms with Gasteiger partial charge in [-0.1, -0.05) is 0 Å². The van der Waals surface area contributed by atoms with Gasteiger partial charge >= 0.3 is 5.97 Å². The lowest BCUT2D eigenvalue weighted by Gasteiger charge is -2.17. The maximum absolute atomic E-state index is 11.5. The highest BCUT2D eigenvalue weighted by molar-refractivity contribution is 5.75. The predicted octanol–water partition coefficient (Wildman–Crippen LogP) is 0.913. The van der Waals surface area contributed by atoms with Crippen LogP contribution in [0.1, 0.15) is 30.7 Å². The molecule has 1 aliphatic rings. The van der Waals surface area contributed by atoms with E-state index >= 15 is 0 Å². The second-order valence-corrected chi connectivity index (χ2v) is 4.69. The second-order valence-electron chi connectivity index (χ2n) is 4.69. The Morgan fingerprint density at radius 3 is 3.06 bits per heavy atom. The van der Waals surface area contributed by atoms with Gasteiger partial charge in [-0.05, 0) is 39.2 Å². The molecule has 18 heavy (non-hydrogen) atoms. The summed E-state index contributed by atoms with van der Waals surface area (Å²) in [6.45, 7) is 0.808. The molecule has 0 aliphatic heterocycles. The number of rotatable bonds is 5. The topological polar surface area (TPSA) is 56.2 Å². The lowest BCUT2D eigenvalue weighted by atomic mass is 10.0. The first-order chi connectivity index (χ1) is 8.76. The van der Waals surface area contributed by atoms with Crippen LogP contribution in [0.25, 0.3) is 0 Å². The minimum Gasteiger partial charge on any atom is -0.468 e. The molecule has 0 spiro atoms. The average Bonchev–Trinajstić information content (AvgIpc) is 2.82. The van der Waals surface area contributed by atoms with Crippen molar-refractivity contribution in [3.05, 3.63) is 17.7 Å². The summed E-state index contributed by atoms with van der Waals surface area (Å²) < 4.78 is 6.94. The van der Waals surface area contributed by atoms with Crippen LogP contribution in [0.15, 0.2) is 6.33 Å². The summed E-state index contributed by atoms with van der Waals surface area (Å²) in [6.07, 6.45) is 7.31. The lowest BCUT2D eigenvalue weighted by Crippen LogP contribution is -2.36. The molecule has 1 atom stereocenters. The molecule has 100 valence electrons. The van der Waals surface area contributed by atoms with Crippen molar-refractivity contribution in [2.45, 2.75) is 44.7 Å². The molecule has 0 radical (unpaired) electrons. The molecule has 2 rings (SSSR count). The van der Waals surface area contributed by atoms with Gasteiger partial charge in [-0.25, -0.2) is 4.98 Å². The Bertz CT molecular complexity index is 414. The van der Waals surface area contributed by atoms with Crippen LogP contribution in [0.2, 0.25) is 0 Å². The Morgan fingerprint density at radius 2 is 2.33 bits per heavy atom. The van der Waals surface area contributed by atoms with Gasteiger partial charge in [-0.3, -0.25) is 4.79 Å². The smallest absolute Gasteiger partial charge is 0.322 e. The third kappa shape index (κ3) is 2.72. The van der Waals surface area contributed by atoms with Gasteiger partial charge in [0.05, 0.1) is 19.1 Å². The number of nitrogens with one attached hydrogen (secondary N) is 1. The predicted molar refractivity (Wildman–Crippen MR) is 68.3 cm³/mol. The lowest BCUT2D eigenvalue weighted by molar-refractivity contribution is -0.143. The zero-order chi connectivity index (χ0) is 13.0.